The summed E-state index contributed by atoms with van der Waals surface area (Å²) in [7, 11) is 1.45. The van der Waals surface area contributed by atoms with Gasteiger partial charge in [0.25, 0.3) is 0 Å². The van der Waals surface area contributed by atoms with Crippen molar-refractivity contribution in [2.24, 2.45) is 5.73 Å². The van der Waals surface area contributed by atoms with Gasteiger partial charge in [-0.2, -0.15) is 0 Å². The van der Waals surface area contributed by atoms with E-state index in [2.05, 4.69) is 5.73 Å². The monoisotopic (exact) mass is 283 g/mol. The number of carbonyl (C=O) groups excluding carboxylic acids is 1. The van der Waals surface area contributed by atoms with Crippen molar-refractivity contribution >= 4 is 6.41 Å². The molecular formula is C12H29NO6. The normalized spacial score (nSPS) is 28.4. The maximum atomic E-state index is 9.26. The average molecular weight is 283 g/mol. The summed E-state index contributed by atoms with van der Waals surface area (Å²) in [6, 6.07) is 0. The zero-order valence-electron chi connectivity index (χ0n) is 12.4. The molecule has 118 valence electrons. The maximum Gasteiger partial charge on any atom is 0.204 e. The Kier molecular flexibility index (Phi) is 21.2. The molecule has 0 bridgehead atoms. The number of aliphatic hydroxyl groups excluding tert-OH is 3. The Morgan fingerprint density at radius 3 is 2.05 bits per heavy atom. The topological polar surface area (TPSA) is 122 Å². The fourth-order valence-corrected chi connectivity index (χ4v) is 1.22. The van der Waals surface area contributed by atoms with Gasteiger partial charge in [0.1, 0.15) is 12.2 Å². The van der Waals surface area contributed by atoms with Crippen molar-refractivity contribution in [1.29, 1.82) is 0 Å². The molecule has 7 nitrogen and oxygen atoms in total. The number of primary amides is 1. The number of nitrogens with two attached hydrogens (primary N) is 1. The van der Waals surface area contributed by atoms with Crippen LogP contribution in [0.25, 0.3) is 0 Å². The predicted octanol–water partition coefficient (Wildman–Crippen LogP) is -0.384. The third-order valence-electron chi connectivity index (χ3n) is 1.98. The van der Waals surface area contributed by atoms with Crippen molar-refractivity contribution in [3.63, 3.8) is 0 Å². The Bertz CT molecular complexity index is 182. The molecule has 0 radical (unpaired) electrons. The Balaban J connectivity index is -0.000000313. The van der Waals surface area contributed by atoms with Crippen molar-refractivity contribution in [3.8, 4) is 0 Å². The molecule has 1 amide bonds. The molecule has 0 aliphatic carbocycles. The van der Waals surface area contributed by atoms with Gasteiger partial charge in [-0.25, -0.2) is 0 Å². The summed E-state index contributed by atoms with van der Waals surface area (Å²) in [5, 5.41) is 27.3. The summed E-state index contributed by atoms with van der Waals surface area (Å²) >= 11 is 0. The molecule has 19 heavy (non-hydrogen) atoms. The number of methoxy groups -OCH3 is 1. The van der Waals surface area contributed by atoms with Gasteiger partial charge in [0, 0.05) is 13.5 Å². The summed E-state index contributed by atoms with van der Waals surface area (Å²) in [6.45, 7) is 7.68. The van der Waals surface area contributed by atoms with E-state index in [0.717, 1.165) is 0 Å². The van der Waals surface area contributed by atoms with Crippen LogP contribution in [0, 0.1) is 0 Å². The van der Waals surface area contributed by atoms with E-state index in [0.29, 0.717) is 0 Å². The predicted molar refractivity (Wildman–Crippen MR) is 72.3 cm³/mol. The first kappa shape index (κ1) is 23.4. The molecule has 0 spiro atoms. The highest BCUT2D eigenvalue weighted by atomic mass is 16.7. The Morgan fingerprint density at radius 1 is 1.32 bits per heavy atom. The van der Waals surface area contributed by atoms with Crippen molar-refractivity contribution < 1.29 is 29.6 Å². The van der Waals surface area contributed by atoms with Crippen LogP contribution < -0.4 is 5.73 Å². The smallest absolute Gasteiger partial charge is 0.204 e. The SMILES string of the molecule is CC.CC.COC1CC(O)C(O)C(CO)O1.NC=O. The lowest BCUT2D eigenvalue weighted by atomic mass is 10.0. The van der Waals surface area contributed by atoms with Crippen LogP contribution in [0.5, 0.6) is 0 Å². The van der Waals surface area contributed by atoms with Crippen molar-refractivity contribution in [1.82, 2.24) is 0 Å². The Labute approximate surface area is 115 Å². The molecule has 0 aromatic rings. The van der Waals surface area contributed by atoms with Crippen LogP contribution in [0.4, 0.5) is 0 Å². The summed E-state index contributed by atoms with van der Waals surface area (Å²) in [5.41, 5.74) is 4.17. The Morgan fingerprint density at radius 2 is 1.74 bits per heavy atom. The molecule has 0 aromatic heterocycles. The van der Waals surface area contributed by atoms with Gasteiger partial charge in [-0.05, 0) is 0 Å². The molecule has 1 heterocycles. The van der Waals surface area contributed by atoms with E-state index in [1.165, 1.54) is 7.11 Å². The number of carbonyl (C=O) groups is 1. The standard InChI is InChI=1S/C7H14O5.2C2H6.CH3NO/c1-11-6-2-4(9)7(10)5(3-8)12-6;2*1-2;2-1-3/h4-10H,2-3H2,1H3;2*1-2H3;1H,(H2,2,3). The number of rotatable bonds is 2. The quantitative estimate of drug-likeness (QED) is 0.512. The zero-order valence-corrected chi connectivity index (χ0v) is 12.4. The lowest BCUT2D eigenvalue weighted by Crippen LogP contribution is -2.50. The van der Waals surface area contributed by atoms with Crippen molar-refractivity contribution in [2.45, 2.75) is 58.7 Å². The van der Waals surface area contributed by atoms with Gasteiger partial charge in [-0.1, -0.05) is 27.7 Å². The van der Waals surface area contributed by atoms with Gasteiger partial charge in [-0.3, -0.25) is 4.79 Å². The van der Waals surface area contributed by atoms with Gasteiger partial charge >= 0.3 is 0 Å². The molecular weight excluding hydrogens is 254 g/mol. The lowest BCUT2D eigenvalue weighted by molar-refractivity contribution is -0.248. The van der Waals surface area contributed by atoms with Crippen LogP contribution in [-0.4, -0.2) is 60.0 Å². The second kappa shape index (κ2) is 17.3. The fraction of sp³-hybridized carbons (Fsp3) is 0.917. The van der Waals surface area contributed by atoms with Crippen LogP contribution in [-0.2, 0) is 14.3 Å². The first-order valence-electron chi connectivity index (χ1n) is 6.41. The van der Waals surface area contributed by atoms with Gasteiger partial charge in [0.15, 0.2) is 6.29 Å². The third-order valence-corrected chi connectivity index (χ3v) is 1.98. The fourth-order valence-electron chi connectivity index (χ4n) is 1.22. The highest BCUT2D eigenvalue weighted by Crippen LogP contribution is 2.20. The average Bonchev–Trinajstić information content (AvgIpc) is 2.47. The van der Waals surface area contributed by atoms with Gasteiger partial charge in [0.2, 0.25) is 6.41 Å². The van der Waals surface area contributed by atoms with Crippen LogP contribution >= 0.6 is 0 Å². The molecule has 4 atom stereocenters. The van der Waals surface area contributed by atoms with E-state index in [4.69, 9.17) is 19.4 Å². The highest BCUT2D eigenvalue weighted by molar-refractivity contribution is 5.42. The first-order chi connectivity index (χ1) is 9.10. The lowest BCUT2D eigenvalue weighted by Gasteiger charge is -2.35. The minimum atomic E-state index is -1.03. The van der Waals surface area contributed by atoms with Crippen LogP contribution in [0.15, 0.2) is 0 Å². The zero-order chi connectivity index (χ0) is 15.8. The number of hydrogen-bond acceptors (Lipinski definition) is 6. The molecule has 1 fully saturated rings. The second-order valence-electron chi connectivity index (χ2n) is 2.95. The molecule has 5 N–H and O–H groups in total. The summed E-state index contributed by atoms with van der Waals surface area (Å²) < 4.78 is 9.92. The van der Waals surface area contributed by atoms with E-state index in [-0.39, 0.29) is 19.4 Å². The minimum absolute atomic E-state index is 0.230. The number of hydrogen-bond donors (Lipinski definition) is 4. The minimum Gasteiger partial charge on any atom is -0.394 e. The molecule has 1 aliphatic heterocycles. The summed E-state index contributed by atoms with van der Waals surface area (Å²) in [6.07, 6.45) is -2.73. The summed E-state index contributed by atoms with van der Waals surface area (Å²) in [4.78, 5) is 8.58. The number of amides is 1. The van der Waals surface area contributed by atoms with Crippen LogP contribution in [0.1, 0.15) is 34.1 Å². The van der Waals surface area contributed by atoms with Crippen LogP contribution in [0.2, 0.25) is 0 Å². The summed E-state index contributed by atoms with van der Waals surface area (Å²) in [5.74, 6) is 0. The van der Waals surface area contributed by atoms with E-state index in [1.54, 1.807) is 0 Å². The molecule has 0 aromatic carbocycles. The first-order valence-corrected chi connectivity index (χ1v) is 6.41. The van der Waals surface area contributed by atoms with E-state index < -0.39 is 24.6 Å². The molecule has 1 rings (SSSR count). The molecule has 1 saturated heterocycles. The third kappa shape index (κ3) is 10.8. The molecule has 4 unspecified atom stereocenters. The van der Waals surface area contributed by atoms with Gasteiger partial charge in [0.05, 0.1) is 12.7 Å². The largest absolute Gasteiger partial charge is 0.394 e. The molecule has 0 saturated carbocycles. The number of ether oxygens (including phenoxy) is 2. The molecule has 1 aliphatic rings. The van der Waals surface area contributed by atoms with E-state index in [1.807, 2.05) is 27.7 Å². The van der Waals surface area contributed by atoms with Gasteiger partial charge in [-0.15, -0.1) is 0 Å². The highest BCUT2D eigenvalue weighted by Gasteiger charge is 2.36. The van der Waals surface area contributed by atoms with E-state index in [9.17, 15) is 10.2 Å². The Hall–Kier alpha value is -0.730. The molecule has 7 heteroatoms. The van der Waals surface area contributed by atoms with Crippen molar-refractivity contribution in [2.75, 3.05) is 13.7 Å². The second-order valence-corrected chi connectivity index (χ2v) is 2.95. The van der Waals surface area contributed by atoms with E-state index >= 15 is 0 Å². The van der Waals surface area contributed by atoms with Gasteiger partial charge < -0.3 is 30.5 Å². The van der Waals surface area contributed by atoms with Crippen LogP contribution in [0.3, 0.4) is 0 Å². The number of aliphatic hydroxyl groups is 3. The van der Waals surface area contributed by atoms with Crippen molar-refractivity contribution in [3.05, 3.63) is 0 Å². The maximum absolute atomic E-state index is 9.26.